The van der Waals surface area contributed by atoms with Crippen LogP contribution in [0.2, 0.25) is 0 Å². The van der Waals surface area contributed by atoms with Crippen LogP contribution in [0.4, 0.5) is 0 Å². The molecule has 4 aromatic rings. The van der Waals surface area contributed by atoms with E-state index in [1.807, 2.05) is 71.6 Å². The monoisotopic (exact) mass is 457 g/mol. The van der Waals surface area contributed by atoms with Crippen LogP contribution < -0.4 is 9.47 Å². The predicted molar refractivity (Wildman–Crippen MR) is 129 cm³/mol. The van der Waals surface area contributed by atoms with Gasteiger partial charge >= 0.3 is 0 Å². The Morgan fingerprint density at radius 2 is 1.68 bits per heavy atom. The highest BCUT2D eigenvalue weighted by atomic mass is 16.5. The van der Waals surface area contributed by atoms with Crippen molar-refractivity contribution in [1.82, 2.24) is 4.90 Å². The van der Waals surface area contributed by atoms with Crippen molar-refractivity contribution in [2.45, 2.75) is 19.1 Å². The third kappa shape index (κ3) is 3.70. The SMILES string of the molecule is COCc1c(C(=O)N2CCc3cc(OC)c(OC)cc3[C@H]2c2ccccc2)oc2ccccc12. The molecule has 0 unspecified atom stereocenters. The number of furan rings is 1. The zero-order valence-corrected chi connectivity index (χ0v) is 19.5. The second kappa shape index (κ2) is 9.23. The van der Waals surface area contributed by atoms with E-state index >= 15 is 0 Å². The summed E-state index contributed by atoms with van der Waals surface area (Å²) in [4.78, 5) is 15.9. The molecular weight excluding hydrogens is 430 g/mol. The molecule has 1 aromatic heterocycles. The van der Waals surface area contributed by atoms with Crippen LogP contribution in [-0.2, 0) is 17.8 Å². The minimum Gasteiger partial charge on any atom is -0.493 e. The Hall–Kier alpha value is -3.77. The summed E-state index contributed by atoms with van der Waals surface area (Å²) < 4.78 is 22.7. The third-order valence-corrected chi connectivity index (χ3v) is 6.43. The van der Waals surface area contributed by atoms with E-state index in [0.29, 0.717) is 42.4 Å². The number of amides is 1. The molecule has 0 N–H and O–H groups in total. The Labute approximate surface area is 198 Å². The van der Waals surface area contributed by atoms with Gasteiger partial charge < -0.3 is 23.5 Å². The van der Waals surface area contributed by atoms with Crippen LogP contribution in [0.25, 0.3) is 11.0 Å². The summed E-state index contributed by atoms with van der Waals surface area (Å²) >= 11 is 0. The number of carbonyl (C=O) groups excluding carboxylic acids is 1. The van der Waals surface area contributed by atoms with Crippen molar-refractivity contribution in [2.75, 3.05) is 27.9 Å². The molecule has 1 aliphatic rings. The molecule has 174 valence electrons. The minimum atomic E-state index is -0.291. The van der Waals surface area contributed by atoms with Crippen LogP contribution in [0.1, 0.15) is 38.9 Å². The van der Waals surface area contributed by atoms with Gasteiger partial charge in [0.2, 0.25) is 0 Å². The first-order chi connectivity index (χ1) is 16.7. The van der Waals surface area contributed by atoms with E-state index in [1.165, 1.54) is 0 Å². The smallest absolute Gasteiger partial charge is 0.290 e. The molecule has 6 heteroatoms. The van der Waals surface area contributed by atoms with Gasteiger partial charge in [-0.2, -0.15) is 0 Å². The molecule has 5 rings (SSSR count). The maximum atomic E-state index is 14.1. The molecule has 1 amide bonds. The molecule has 0 saturated heterocycles. The standard InChI is InChI=1S/C28H27NO5/c1-31-17-22-20-11-7-8-12-23(20)34-27(22)28(30)29-14-13-19-15-24(32-2)25(33-3)16-21(19)26(29)18-9-5-4-6-10-18/h4-12,15-16,26H,13-14,17H2,1-3H3/t26-/m1/s1. The number of ether oxygens (including phenoxy) is 3. The third-order valence-electron chi connectivity index (χ3n) is 6.43. The zero-order valence-electron chi connectivity index (χ0n) is 19.5. The van der Waals surface area contributed by atoms with Crippen molar-refractivity contribution in [3.05, 3.63) is 94.7 Å². The summed E-state index contributed by atoms with van der Waals surface area (Å²) in [5.74, 6) is 1.50. The molecule has 6 nitrogen and oxygen atoms in total. The van der Waals surface area contributed by atoms with Gasteiger partial charge in [0.25, 0.3) is 5.91 Å². The first-order valence-corrected chi connectivity index (χ1v) is 11.3. The largest absolute Gasteiger partial charge is 0.493 e. The van der Waals surface area contributed by atoms with Crippen molar-refractivity contribution in [3.63, 3.8) is 0 Å². The average Bonchev–Trinajstić information content (AvgIpc) is 3.25. The molecule has 1 aliphatic heterocycles. The number of rotatable bonds is 6. The number of para-hydroxylation sites is 1. The Morgan fingerprint density at radius 3 is 2.41 bits per heavy atom. The topological polar surface area (TPSA) is 61.1 Å². The summed E-state index contributed by atoms with van der Waals surface area (Å²) in [5, 5.41) is 0.896. The molecule has 0 saturated carbocycles. The van der Waals surface area contributed by atoms with Gasteiger partial charge in [-0.05, 0) is 41.3 Å². The summed E-state index contributed by atoms with van der Waals surface area (Å²) in [6.07, 6.45) is 0.699. The van der Waals surface area contributed by atoms with Crippen molar-refractivity contribution < 1.29 is 23.4 Å². The van der Waals surface area contributed by atoms with Gasteiger partial charge in [-0.3, -0.25) is 4.79 Å². The number of carbonyl (C=O) groups is 1. The fraction of sp³-hybridized carbons (Fsp3) is 0.250. The highest BCUT2D eigenvalue weighted by molar-refractivity contribution is 5.99. The lowest BCUT2D eigenvalue weighted by Gasteiger charge is -2.38. The fourth-order valence-electron chi connectivity index (χ4n) is 4.85. The Morgan fingerprint density at radius 1 is 0.971 bits per heavy atom. The van der Waals surface area contributed by atoms with Gasteiger partial charge in [0.05, 0.1) is 26.9 Å². The first-order valence-electron chi connectivity index (χ1n) is 11.3. The van der Waals surface area contributed by atoms with Crippen molar-refractivity contribution in [3.8, 4) is 11.5 Å². The summed E-state index contributed by atoms with van der Waals surface area (Å²) in [6.45, 7) is 0.841. The number of nitrogens with zero attached hydrogens (tertiary/aromatic N) is 1. The van der Waals surface area contributed by atoms with Gasteiger partial charge in [-0.25, -0.2) is 0 Å². The second-order valence-electron chi connectivity index (χ2n) is 8.31. The molecule has 0 fully saturated rings. The molecule has 34 heavy (non-hydrogen) atoms. The van der Waals surface area contributed by atoms with Crippen molar-refractivity contribution in [2.24, 2.45) is 0 Å². The normalized spacial score (nSPS) is 15.3. The quantitative estimate of drug-likeness (QED) is 0.389. The maximum Gasteiger partial charge on any atom is 0.290 e. The van der Waals surface area contributed by atoms with Gasteiger partial charge in [-0.1, -0.05) is 48.5 Å². The lowest BCUT2D eigenvalue weighted by molar-refractivity contribution is 0.0657. The molecule has 3 aromatic carbocycles. The molecule has 2 heterocycles. The van der Waals surface area contributed by atoms with E-state index in [-0.39, 0.29) is 11.9 Å². The van der Waals surface area contributed by atoms with Gasteiger partial charge in [0.1, 0.15) is 5.58 Å². The summed E-state index contributed by atoms with van der Waals surface area (Å²) in [5.41, 5.74) is 4.63. The van der Waals surface area contributed by atoms with E-state index in [0.717, 1.165) is 27.6 Å². The van der Waals surface area contributed by atoms with E-state index in [1.54, 1.807) is 21.3 Å². The molecule has 0 aliphatic carbocycles. The molecule has 0 radical (unpaired) electrons. The van der Waals surface area contributed by atoms with Gasteiger partial charge in [-0.15, -0.1) is 0 Å². The van der Waals surface area contributed by atoms with Crippen molar-refractivity contribution >= 4 is 16.9 Å². The lowest BCUT2D eigenvalue weighted by Crippen LogP contribution is -2.40. The minimum absolute atomic E-state index is 0.155. The number of methoxy groups -OCH3 is 3. The highest BCUT2D eigenvalue weighted by Gasteiger charge is 2.36. The number of hydrogen-bond acceptors (Lipinski definition) is 5. The van der Waals surface area contributed by atoms with E-state index in [2.05, 4.69) is 0 Å². The molecule has 0 bridgehead atoms. The van der Waals surface area contributed by atoms with Gasteiger partial charge in [0, 0.05) is 24.6 Å². The predicted octanol–water partition coefficient (Wildman–Crippen LogP) is 5.38. The van der Waals surface area contributed by atoms with E-state index in [9.17, 15) is 4.79 Å². The lowest BCUT2D eigenvalue weighted by atomic mass is 9.87. The molecule has 1 atom stereocenters. The number of fused-ring (bicyclic) bond motifs is 2. The van der Waals surface area contributed by atoms with E-state index in [4.69, 9.17) is 18.6 Å². The highest BCUT2D eigenvalue weighted by Crippen LogP contribution is 2.42. The summed E-state index contributed by atoms with van der Waals surface area (Å²) in [6, 6.07) is 21.4. The zero-order chi connectivity index (χ0) is 23.7. The van der Waals surface area contributed by atoms with Crippen LogP contribution in [0.15, 0.2) is 71.1 Å². The van der Waals surface area contributed by atoms with Gasteiger partial charge in [0.15, 0.2) is 17.3 Å². The Kier molecular flexibility index (Phi) is 5.99. The van der Waals surface area contributed by atoms with Crippen LogP contribution in [0, 0.1) is 0 Å². The molecule has 0 spiro atoms. The second-order valence-corrected chi connectivity index (χ2v) is 8.31. The Bertz CT molecular complexity index is 1330. The molecular formula is C28H27NO5. The first kappa shape index (κ1) is 22.0. The average molecular weight is 458 g/mol. The number of benzene rings is 3. The Balaban J connectivity index is 1.65. The van der Waals surface area contributed by atoms with Crippen LogP contribution in [0.5, 0.6) is 11.5 Å². The summed E-state index contributed by atoms with van der Waals surface area (Å²) in [7, 11) is 4.88. The maximum absolute atomic E-state index is 14.1. The van der Waals surface area contributed by atoms with Crippen LogP contribution in [0.3, 0.4) is 0 Å². The van der Waals surface area contributed by atoms with Crippen molar-refractivity contribution in [1.29, 1.82) is 0 Å². The van der Waals surface area contributed by atoms with Crippen LogP contribution in [-0.4, -0.2) is 38.7 Å². The van der Waals surface area contributed by atoms with E-state index < -0.39 is 0 Å². The number of hydrogen-bond donors (Lipinski definition) is 0. The fourth-order valence-corrected chi connectivity index (χ4v) is 4.85. The van der Waals surface area contributed by atoms with Crippen LogP contribution >= 0.6 is 0 Å².